The summed E-state index contributed by atoms with van der Waals surface area (Å²) in [5.74, 6) is -0.550. The number of hydrogen-bond donors (Lipinski definition) is 2. The zero-order valence-corrected chi connectivity index (χ0v) is 9.18. The van der Waals surface area contributed by atoms with Crippen molar-refractivity contribution in [1.82, 2.24) is 15.1 Å². The van der Waals surface area contributed by atoms with Crippen molar-refractivity contribution in [2.75, 3.05) is 6.54 Å². The summed E-state index contributed by atoms with van der Waals surface area (Å²) in [6.07, 6.45) is -0.454. The number of nitrogens with zero attached hydrogens (tertiary/aromatic N) is 2. The Morgan fingerprint density at radius 2 is 2.41 bits per heavy atom. The molecule has 1 atom stereocenters. The Bertz CT molecular complexity index is 404. The average Bonchev–Trinajstić information content (AvgIpc) is 2.68. The first-order chi connectivity index (χ1) is 8.00. The maximum atomic E-state index is 11.9. The third-order valence-corrected chi connectivity index (χ3v) is 2.04. The number of aromatic nitrogens is 2. The molecule has 5 nitrogen and oxygen atoms in total. The zero-order chi connectivity index (χ0) is 12.8. The molecule has 1 amide bonds. The van der Waals surface area contributed by atoms with Gasteiger partial charge in [0.05, 0.1) is 5.69 Å². The van der Waals surface area contributed by atoms with Gasteiger partial charge in [0.1, 0.15) is 6.10 Å². The van der Waals surface area contributed by atoms with E-state index in [1.807, 2.05) is 0 Å². The SMILES string of the molecule is Cn1nccc1/C=C/C(=O)NCC(O)C(F)F. The van der Waals surface area contributed by atoms with Crippen LogP contribution in [0.5, 0.6) is 0 Å². The van der Waals surface area contributed by atoms with Gasteiger partial charge in [0, 0.05) is 25.9 Å². The molecule has 0 radical (unpaired) electrons. The van der Waals surface area contributed by atoms with Crippen LogP contribution in [0.25, 0.3) is 6.08 Å². The molecule has 0 saturated carbocycles. The minimum Gasteiger partial charge on any atom is -0.385 e. The topological polar surface area (TPSA) is 67.2 Å². The molecule has 17 heavy (non-hydrogen) atoms. The number of rotatable bonds is 5. The fraction of sp³-hybridized carbons (Fsp3) is 0.400. The molecule has 1 aromatic rings. The quantitative estimate of drug-likeness (QED) is 0.727. The summed E-state index contributed by atoms with van der Waals surface area (Å²) in [5, 5.41) is 14.8. The van der Waals surface area contributed by atoms with Crippen molar-refractivity contribution in [3.8, 4) is 0 Å². The van der Waals surface area contributed by atoms with Crippen molar-refractivity contribution in [3.63, 3.8) is 0 Å². The van der Waals surface area contributed by atoms with Crippen LogP contribution in [0, 0.1) is 0 Å². The van der Waals surface area contributed by atoms with Crippen LogP contribution in [0.1, 0.15) is 5.69 Å². The van der Waals surface area contributed by atoms with Crippen LogP contribution in [-0.2, 0) is 11.8 Å². The van der Waals surface area contributed by atoms with Gasteiger partial charge in [-0.15, -0.1) is 0 Å². The maximum absolute atomic E-state index is 11.9. The normalized spacial score (nSPS) is 13.2. The summed E-state index contributed by atoms with van der Waals surface area (Å²) < 4.78 is 25.4. The lowest BCUT2D eigenvalue weighted by Crippen LogP contribution is -2.34. The van der Waals surface area contributed by atoms with Crippen LogP contribution in [0.2, 0.25) is 0 Å². The lowest BCUT2D eigenvalue weighted by molar-refractivity contribution is -0.117. The molecule has 0 aliphatic carbocycles. The Balaban J connectivity index is 2.40. The van der Waals surface area contributed by atoms with E-state index in [4.69, 9.17) is 5.11 Å². The summed E-state index contributed by atoms with van der Waals surface area (Å²) in [7, 11) is 1.71. The number of aliphatic hydroxyl groups excluding tert-OH is 1. The first-order valence-electron chi connectivity index (χ1n) is 4.91. The van der Waals surface area contributed by atoms with Gasteiger partial charge in [-0.3, -0.25) is 9.48 Å². The molecule has 94 valence electrons. The Morgan fingerprint density at radius 1 is 1.71 bits per heavy atom. The highest BCUT2D eigenvalue weighted by atomic mass is 19.3. The van der Waals surface area contributed by atoms with E-state index in [1.54, 1.807) is 24.0 Å². The molecule has 0 aliphatic rings. The van der Waals surface area contributed by atoms with Crippen LogP contribution >= 0.6 is 0 Å². The van der Waals surface area contributed by atoms with E-state index >= 15 is 0 Å². The van der Waals surface area contributed by atoms with Gasteiger partial charge in [-0.2, -0.15) is 5.10 Å². The molecule has 0 fully saturated rings. The highest BCUT2D eigenvalue weighted by Crippen LogP contribution is 2.00. The third kappa shape index (κ3) is 4.31. The van der Waals surface area contributed by atoms with Gasteiger partial charge in [-0.05, 0) is 12.1 Å². The number of halogens is 2. The molecule has 2 N–H and O–H groups in total. The largest absolute Gasteiger partial charge is 0.385 e. The molecule has 0 aromatic carbocycles. The minimum absolute atomic E-state index is 0.480. The van der Waals surface area contributed by atoms with E-state index in [1.165, 1.54) is 12.2 Å². The van der Waals surface area contributed by atoms with Crippen molar-refractivity contribution in [2.45, 2.75) is 12.5 Å². The second kappa shape index (κ2) is 6.09. The van der Waals surface area contributed by atoms with Crippen LogP contribution in [0.3, 0.4) is 0 Å². The van der Waals surface area contributed by atoms with E-state index in [9.17, 15) is 13.6 Å². The molecule has 1 aromatic heterocycles. The van der Waals surface area contributed by atoms with Gasteiger partial charge in [-0.25, -0.2) is 8.78 Å². The number of carbonyl (C=O) groups is 1. The number of aliphatic hydroxyl groups is 1. The minimum atomic E-state index is -2.86. The fourth-order valence-corrected chi connectivity index (χ4v) is 1.06. The third-order valence-electron chi connectivity index (χ3n) is 2.04. The second-order valence-electron chi connectivity index (χ2n) is 3.36. The Kier molecular flexibility index (Phi) is 4.77. The van der Waals surface area contributed by atoms with E-state index in [2.05, 4.69) is 10.4 Å². The lowest BCUT2D eigenvalue weighted by Gasteiger charge is -2.08. The monoisotopic (exact) mass is 245 g/mol. The first-order valence-corrected chi connectivity index (χ1v) is 4.91. The molecule has 1 heterocycles. The molecule has 1 unspecified atom stereocenters. The number of hydrogen-bond acceptors (Lipinski definition) is 3. The van der Waals surface area contributed by atoms with Crippen LogP contribution in [0.4, 0.5) is 8.78 Å². The van der Waals surface area contributed by atoms with Crippen molar-refractivity contribution in [1.29, 1.82) is 0 Å². The summed E-state index contributed by atoms with van der Waals surface area (Å²) in [6.45, 7) is -0.480. The van der Waals surface area contributed by atoms with E-state index in [0.717, 1.165) is 0 Å². The van der Waals surface area contributed by atoms with Crippen molar-refractivity contribution >= 4 is 12.0 Å². The number of alkyl halides is 2. The van der Waals surface area contributed by atoms with Crippen LogP contribution in [-0.4, -0.2) is 39.9 Å². The summed E-state index contributed by atoms with van der Waals surface area (Å²) in [6, 6.07) is 1.69. The zero-order valence-electron chi connectivity index (χ0n) is 9.18. The second-order valence-corrected chi connectivity index (χ2v) is 3.36. The van der Waals surface area contributed by atoms with Gasteiger partial charge >= 0.3 is 0 Å². The molecular weight excluding hydrogens is 232 g/mol. The Hall–Kier alpha value is -1.76. The highest BCUT2D eigenvalue weighted by Gasteiger charge is 2.16. The molecule has 0 spiro atoms. The van der Waals surface area contributed by atoms with Gasteiger partial charge in [0.15, 0.2) is 0 Å². The predicted octanol–water partition coefficient (Wildman–Crippen LogP) is 0.175. The van der Waals surface area contributed by atoms with Crippen LogP contribution < -0.4 is 5.32 Å². The van der Waals surface area contributed by atoms with Crippen molar-refractivity contribution in [2.24, 2.45) is 7.05 Å². The molecule has 7 heteroatoms. The maximum Gasteiger partial charge on any atom is 0.265 e. The smallest absolute Gasteiger partial charge is 0.265 e. The van der Waals surface area contributed by atoms with Crippen molar-refractivity contribution in [3.05, 3.63) is 24.0 Å². The average molecular weight is 245 g/mol. The number of nitrogens with one attached hydrogen (secondary N) is 1. The first kappa shape index (κ1) is 13.3. The molecule has 0 bridgehead atoms. The number of carbonyl (C=O) groups excluding carboxylic acids is 1. The standard InChI is InChI=1S/C10H13F2N3O2/c1-15-7(4-5-14-15)2-3-9(17)13-6-8(16)10(11)12/h2-5,8,10,16H,6H2,1H3,(H,13,17)/b3-2+. The van der Waals surface area contributed by atoms with E-state index < -0.39 is 25.0 Å². The molecule has 1 rings (SSSR count). The van der Waals surface area contributed by atoms with Gasteiger partial charge in [0.2, 0.25) is 5.91 Å². The summed E-state index contributed by atoms with van der Waals surface area (Å²) in [4.78, 5) is 11.2. The predicted molar refractivity (Wildman–Crippen MR) is 57.3 cm³/mol. The van der Waals surface area contributed by atoms with E-state index in [-0.39, 0.29) is 0 Å². The Morgan fingerprint density at radius 3 is 2.94 bits per heavy atom. The van der Waals surface area contributed by atoms with Gasteiger partial charge < -0.3 is 10.4 Å². The lowest BCUT2D eigenvalue weighted by atomic mass is 10.3. The van der Waals surface area contributed by atoms with Gasteiger partial charge in [0.25, 0.3) is 6.43 Å². The molecule has 0 saturated heterocycles. The Labute approximate surface area is 96.7 Å². The van der Waals surface area contributed by atoms with Crippen LogP contribution in [0.15, 0.2) is 18.3 Å². The molecular formula is C10H13F2N3O2. The fourth-order valence-electron chi connectivity index (χ4n) is 1.06. The summed E-state index contributed by atoms with van der Waals surface area (Å²) in [5.41, 5.74) is 0.703. The number of aryl methyl sites for hydroxylation is 1. The van der Waals surface area contributed by atoms with E-state index in [0.29, 0.717) is 5.69 Å². The highest BCUT2D eigenvalue weighted by molar-refractivity contribution is 5.91. The van der Waals surface area contributed by atoms with Crippen molar-refractivity contribution < 1.29 is 18.7 Å². The summed E-state index contributed by atoms with van der Waals surface area (Å²) >= 11 is 0. The molecule has 0 aliphatic heterocycles. The van der Waals surface area contributed by atoms with Gasteiger partial charge in [-0.1, -0.05) is 0 Å². The number of amides is 1.